The highest BCUT2D eigenvalue weighted by atomic mass is 19.4. The maximum atomic E-state index is 12.7. The van der Waals surface area contributed by atoms with E-state index in [9.17, 15) is 66.3 Å². The monoisotopic (exact) mass is 394 g/mol. The standard InChI is InChI=1S/C8F14O2/c9-2(10)1(4(11,12)13)3(23)24-8(21,22)6(16,17)5(14,15)7(18,19)20. The summed E-state index contributed by atoms with van der Waals surface area (Å²) in [6, 6.07) is 0. The third-order valence-electron chi connectivity index (χ3n) is 2.01. The second-order valence-electron chi connectivity index (χ2n) is 3.69. The molecule has 0 saturated carbocycles. The van der Waals surface area contributed by atoms with Crippen LogP contribution in [-0.2, 0) is 9.53 Å². The fraction of sp³-hybridized carbons (Fsp3) is 0.625. The number of halogens is 14. The number of carbonyl (C=O) groups excluding carboxylic acids is 1. The molecule has 0 atom stereocenters. The minimum absolute atomic E-state index is 1.87. The fourth-order valence-corrected chi connectivity index (χ4v) is 0.892. The van der Waals surface area contributed by atoms with Gasteiger partial charge in [0, 0.05) is 0 Å². The van der Waals surface area contributed by atoms with E-state index in [0.29, 0.717) is 0 Å². The van der Waals surface area contributed by atoms with Crippen molar-refractivity contribution < 1.29 is 71.0 Å². The van der Waals surface area contributed by atoms with Gasteiger partial charge in [-0.25, -0.2) is 4.79 Å². The molecule has 0 unspecified atom stereocenters. The van der Waals surface area contributed by atoms with Crippen molar-refractivity contribution in [3.63, 3.8) is 0 Å². The summed E-state index contributed by atoms with van der Waals surface area (Å²) in [6.45, 7) is 0. The highest BCUT2D eigenvalue weighted by Crippen LogP contribution is 2.53. The van der Waals surface area contributed by atoms with E-state index in [0.717, 1.165) is 0 Å². The Labute approximate surface area is 120 Å². The van der Waals surface area contributed by atoms with Crippen molar-refractivity contribution >= 4 is 5.97 Å². The molecule has 0 aromatic rings. The third kappa shape index (κ3) is 3.82. The second-order valence-corrected chi connectivity index (χ2v) is 3.69. The van der Waals surface area contributed by atoms with Gasteiger partial charge in [-0.05, 0) is 0 Å². The Morgan fingerprint density at radius 3 is 1.29 bits per heavy atom. The number of ether oxygens (including phenoxy) is 1. The molecule has 0 N–H and O–H groups in total. The zero-order valence-electron chi connectivity index (χ0n) is 10.1. The Balaban J connectivity index is 5.88. The van der Waals surface area contributed by atoms with Gasteiger partial charge in [0.05, 0.1) is 0 Å². The normalized spacial score (nSPS) is 14.4. The predicted octanol–water partition coefficient (Wildman–Crippen LogP) is 4.67. The molecule has 0 saturated heterocycles. The summed E-state index contributed by atoms with van der Waals surface area (Å²) in [7, 11) is 0. The van der Waals surface area contributed by atoms with Gasteiger partial charge in [-0.3, -0.25) is 0 Å². The average molecular weight is 394 g/mol. The number of hydrogen-bond donors (Lipinski definition) is 0. The van der Waals surface area contributed by atoms with Crippen molar-refractivity contribution in [1.29, 1.82) is 0 Å². The van der Waals surface area contributed by atoms with Gasteiger partial charge >= 0.3 is 36.3 Å². The molecule has 0 aromatic heterocycles. The van der Waals surface area contributed by atoms with E-state index >= 15 is 0 Å². The summed E-state index contributed by atoms with van der Waals surface area (Å²) < 4.78 is 172. The molecular weight excluding hydrogens is 394 g/mol. The van der Waals surface area contributed by atoms with Gasteiger partial charge in [0.25, 0.3) is 6.08 Å². The van der Waals surface area contributed by atoms with Crippen LogP contribution in [0, 0.1) is 0 Å². The molecule has 142 valence electrons. The Morgan fingerprint density at radius 2 is 1.04 bits per heavy atom. The van der Waals surface area contributed by atoms with E-state index < -0.39 is 47.9 Å². The summed E-state index contributed by atoms with van der Waals surface area (Å²) in [5.41, 5.74) is -3.90. The van der Waals surface area contributed by atoms with Crippen molar-refractivity contribution in [3.05, 3.63) is 11.7 Å². The van der Waals surface area contributed by atoms with E-state index in [1.165, 1.54) is 0 Å². The molecule has 2 nitrogen and oxygen atoms in total. The Morgan fingerprint density at radius 1 is 0.667 bits per heavy atom. The van der Waals surface area contributed by atoms with E-state index in [-0.39, 0.29) is 0 Å². The van der Waals surface area contributed by atoms with Crippen LogP contribution < -0.4 is 0 Å². The van der Waals surface area contributed by atoms with Gasteiger partial charge in [-0.1, -0.05) is 0 Å². The zero-order valence-corrected chi connectivity index (χ0v) is 10.1. The van der Waals surface area contributed by atoms with Crippen LogP contribution in [-0.4, -0.2) is 36.3 Å². The maximum Gasteiger partial charge on any atom is 0.473 e. The highest BCUT2D eigenvalue weighted by molar-refractivity contribution is 5.90. The first-order valence-corrected chi connectivity index (χ1v) is 4.76. The van der Waals surface area contributed by atoms with Crippen LogP contribution in [0.4, 0.5) is 61.5 Å². The SMILES string of the molecule is O=C(OC(F)(F)C(F)(F)C(F)(F)C(F)(F)F)C(=C(F)F)C(F)(F)F. The minimum Gasteiger partial charge on any atom is -0.392 e. The lowest BCUT2D eigenvalue weighted by Crippen LogP contribution is -2.62. The van der Waals surface area contributed by atoms with Crippen LogP contribution in [0.15, 0.2) is 11.7 Å². The number of rotatable bonds is 4. The molecule has 0 aliphatic carbocycles. The maximum absolute atomic E-state index is 12.7. The lowest BCUT2D eigenvalue weighted by molar-refractivity contribution is -0.435. The number of alkyl halides is 12. The quantitative estimate of drug-likeness (QED) is 0.394. The number of esters is 1. The van der Waals surface area contributed by atoms with Gasteiger partial charge in [0.15, 0.2) is 0 Å². The lowest BCUT2D eigenvalue weighted by Gasteiger charge is -2.32. The first-order valence-electron chi connectivity index (χ1n) is 4.76. The van der Waals surface area contributed by atoms with Crippen molar-refractivity contribution in [1.82, 2.24) is 0 Å². The third-order valence-corrected chi connectivity index (χ3v) is 2.01. The Hall–Kier alpha value is -1.77. The van der Waals surface area contributed by atoms with Gasteiger partial charge in [-0.15, -0.1) is 0 Å². The van der Waals surface area contributed by atoms with Crippen LogP contribution in [0.3, 0.4) is 0 Å². The predicted molar refractivity (Wildman–Crippen MR) is 42.3 cm³/mol. The van der Waals surface area contributed by atoms with Gasteiger partial charge in [0.2, 0.25) is 5.57 Å². The van der Waals surface area contributed by atoms with Gasteiger partial charge in [0.1, 0.15) is 0 Å². The molecule has 0 bridgehead atoms. The molecule has 0 amide bonds. The highest BCUT2D eigenvalue weighted by Gasteiger charge is 2.84. The second kappa shape index (κ2) is 5.94. The Bertz CT molecular complexity index is 520. The van der Waals surface area contributed by atoms with Crippen molar-refractivity contribution in [2.45, 2.75) is 30.3 Å². The molecule has 0 aromatic carbocycles. The van der Waals surface area contributed by atoms with Crippen LogP contribution in [0.25, 0.3) is 0 Å². The Kier molecular flexibility index (Phi) is 5.51. The molecular formula is C8F14O2. The summed E-state index contributed by atoms with van der Waals surface area (Å²) in [5, 5.41) is 0. The molecule has 0 aliphatic heterocycles. The molecule has 16 heteroatoms. The molecule has 0 rings (SSSR count). The van der Waals surface area contributed by atoms with Crippen molar-refractivity contribution in [2.24, 2.45) is 0 Å². The molecule has 24 heavy (non-hydrogen) atoms. The van der Waals surface area contributed by atoms with Gasteiger partial charge in [-0.2, -0.15) is 61.5 Å². The fourth-order valence-electron chi connectivity index (χ4n) is 0.892. The molecule has 0 heterocycles. The minimum atomic E-state index is -7.61. The van der Waals surface area contributed by atoms with Crippen LogP contribution >= 0.6 is 0 Å². The van der Waals surface area contributed by atoms with E-state index in [1.54, 1.807) is 0 Å². The first-order chi connectivity index (χ1) is 10.2. The molecule has 0 fully saturated rings. The van der Waals surface area contributed by atoms with Crippen LogP contribution in [0.5, 0.6) is 0 Å². The largest absolute Gasteiger partial charge is 0.473 e. The number of carbonyl (C=O) groups is 1. The van der Waals surface area contributed by atoms with E-state index in [2.05, 4.69) is 0 Å². The molecule has 0 radical (unpaired) electrons. The summed E-state index contributed by atoms with van der Waals surface area (Å²) in [5.74, 6) is -19.2. The average Bonchev–Trinajstić information content (AvgIpc) is 2.22. The lowest BCUT2D eigenvalue weighted by atomic mass is 10.1. The summed E-state index contributed by atoms with van der Waals surface area (Å²) >= 11 is 0. The first kappa shape index (κ1) is 22.2. The summed E-state index contributed by atoms with van der Waals surface area (Å²) in [6.07, 6.45) is -25.1. The van der Waals surface area contributed by atoms with Gasteiger partial charge < -0.3 is 4.74 Å². The van der Waals surface area contributed by atoms with Crippen LogP contribution in [0.1, 0.15) is 0 Å². The van der Waals surface area contributed by atoms with E-state index in [4.69, 9.17) is 0 Å². The number of hydrogen-bond acceptors (Lipinski definition) is 2. The molecule has 0 spiro atoms. The molecule has 0 aliphatic rings. The van der Waals surface area contributed by atoms with Crippen molar-refractivity contribution in [3.8, 4) is 0 Å². The zero-order chi connectivity index (χ0) is 19.9. The summed E-state index contributed by atoms with van der Waals surface area (Å²) in [4.78, 5) is 10.5. The van der Waals surface area contributed by atoms with E-state index in [1.807, 2.05) is 4.74 Å². The smallest absolute Gasteiger partial charge is 0.392 e. The van der Waals surface area contributed by atoms with Crippen molar-refractivity contribution in [2.75, 3.05) is 0 Å². The topological polar surface area (TPSA) is 26.3 Å². The van der Waals surface area contributed by atoms with Crippen LogP contribution in [0.2, 0.25) is 0 Å².